The van der Waals surface area contributed by atoms with Crippen molar-refractivity contribution in [2.45, 2.75) is 31.0 Å². The second-order valence-electron chi connectivity index (χ2n) is 5.57. The van der Waals surface area contributed by atoms with E-state index in [4.69, 9.17) is 4.74 Å². The van der Waals surface area contributed by atoms with E-state index < -0.39 is 10.0 Å². The molecule has 0 amide bonds. The van der Waals surface area contributed by atoms with Gasteiger partial charge in [0, 0.05) is 26.3 Å². The largest absolute Gasteiger partial charge is 0.373 e. The third-order valence-electron chi connectivity index (χ3n) is 3.55. The van der Waals surface area contributed by atoms with E-state index in [-0.39, 0.29) is 17.1 Å². The molecule has 1 aliphatic heterocycles. The van der Waals surface area contributed by atoms with Crippen LogP contribution in [0.25, 0.3) is 10.6 Å². The molecular formula is C14H19N3O3S2. The Labute approximate surface area is 134 Å². The van der Waals surface area contributed by atoms with Gasteiger partial charge in [0.05, 0.1) is 17.1 Å². The van der Waals surface area contributed by atoms with Crippen LogP contribution in [0.4, 0.5) is 0 Å². The molecule has 2 unspecified atom stereocenters. The summed E-state index contributed by atoms with van der Waals surface area (Å²) in [4.78, 5) is 1.12. The van der Waals surface area contributed by atoms with Crippen molar-refractivity contribution in [3.8, 4) is 10.6 Å². The number of rotatable bonds is 3. The normalized spacial score (nSPS) is 23.8. The van der Waals surface area contributed by atoms with E-state index >= 15 is 0 Å². The van der Waals surface area contributed by atoms with Gasteiger partial charge < -0.3 is 4.74 Å². The fourth-order valence-electron chi connectivity index (χ4n) is 2.71. The van der Waals surface area contributed by atoms with Crippen LogP contribution in [0.5, 0.6) is 0 Å². The van der Waals surface area contributed by atoms with Crippen molar-refractivity contribution in [3.05, 3.63) is 23.7 Å². The standard InChI is InChI=1S/C14H19N3O3S2/c1-10-7-17(8-11(2)20-10)22(18,19)13-9-16(3)15-14(13)12-5-4-6-21-12/h4-6,9-11H,7-8H2,1-3H3. The van der Waals surface area contributed by atoms with Gasteiger partial charge in [-0.2, -0.15) is 9.40 Å². The molecule has 0 saturated carbocycles. The predicted molar refractivity (Wildman–Crippen MR) is 85.3 cm³/mol. The SMILES string of the molecule is CC1CN(S(=O)(=O)c2cn(C)nc2-c2cccs2)CC(C)O1. The van der Waals surface area contributed by atoms with Crippen molar-refractivity contribution in [1.29, 1.82) is 0 Å². The number of ether oxygens (including phenoxy) is 1. The molecule has 0 bridgehead atoms. The molecule has 3 rings (SSSR count). The fraction of sp³-hybridized carbons (Fsp3) is 0.500. The molecule has 0 aromatic carbocycles. The Bertz CT molecular complexity index is 742. The van der Waals surface area contributed by atoms with Crippen molar-refractivity contribution < 1.29 is 13.2 Å². The molecule has 1 fully saturated rings. The van der Waals surface area contributed by atoms with Gasteiger partial charge in [-0.15, -0.1) is 11.3 Å². The van der Waals surface area contributed by atoms with Crippen LogP contribution in [-0.4, -0.2) is 47.8 Å². The summed E-state index contributed by atoms with van der Waals surface area (Å²) in [5.74, 6) is 0. The highest BCUT2D eigenvalue weighted by Crippen LogP contribution is 2.32. The molecule has 8 heteroatoms. The lowest BCUT2D eigenvalue weighted by Gasteiger charge is -2.34. The Balaban J connectivity index is 2.03. The summed E-state index contributed by atoms with van der Waals surface area (Å²) in [5, 5.41) is 6.26. The van der Waals surface area contributed by atoms with Crippen LogP contribution in [0.15, 0.2) is 28.6 Å². The monoisotopic (exact) mass is 341 g/mol. The summed E-state index contributed by atoms with van der Waals surface area (Å²) in [5.41, 5.74) is 0.518. The average molecular weight is 341 g/mol. The first-order chi connectivity index (χ1) is 10.4. The maximum absolute atomic E-state index is 13.0. The highest BCUT2D eigenvalue weighted by atomic mass is 32.2. The Morgan fingerprint density at radius 1 is 1.32 bits per heavy atom. The van der Waals surface area contributed by atoms with Crippen LogP contribution in [0, 0.1) is 0 Å². The number of nitrogens with zero attached hydrogens (tertiary/aromatic N) is 3. The number of hydrogen-bond donors (Lipinski definition) is 0. The molecule has 1 aliphatic rings. The van der Waals surface area contributed by atoms with Crippen LogP contribution in [0.2, 0.25) is 0 Å². The zero-order chi connectivity index (χ0) is 15.9. The number of aryl methyl sites for hydroxylation is 1. The van der Waals surface area contributed by atoms with E-state index in [0.29, 0.717) is 18.8 Å². The number of thiophene rings is 1. The first kappa shape index (κ1) is 15.7. The van der Waals surface area contributed by atoms with Crippen molar-refractivity contribution in [1.82, 2.24) is 14.1 Å². The van der Waals surface area contributed by atoms with Crippen LogP contribution in [-0.2, 0) is 21.8 Å². The molecule has 3 heterocycles. The summed E-state index contributed by atoms with van der Waals surface area (Å²) in [6, 6.07) is 3.78. The molecule has 2 atom stereocenters. The van der Waals surface area contributed by atoms with Crippen molar-refractivity contribution in [3.63, 3.8) is 0 Å². The van der Waals surface area contributed by atoms with E-state index in [1.165, 1.54) is 15.6 Å². The molecule has 0 radical (unpaired) electrons. The van der Waals surface area contributed by atoms with Gasteiger partial charge in [0.2, 0.25) is 10.0 Å². The van der Waals surface area contributed by atoms with Crippen molar-refractivity contribution in [2.75, 3.05) is 13.1 Å². The highest BCUT2D eigenvalue weighted by molar-refractivity contribution is 7.89. The fourth-order valence-corrected chi connectivity index (χ4v) is 5.26. The quantitative estimate of drug-likeness (QED) is 0.856. The molecule has 1 saturated heterocycles. The minimum Gasteiger partial charge on any atom is -0.373 e. The van der Waals surface area contributed by atoms with Crippen LogP contribution >= 0.6 is 11.3 Å². The second-order valence-corrected chi connectivity index (χ2v) is 8.43. The van der Waals surface area contributed by atoms with Gasteiger partial charge in [0.25, 0.3) is 0 Å². The van der Waals surface area contributed by atoms with Gasteiger partial charge in [0.1, 0.15) is 10.6 Å². The summed E-state index contributed by atoms with van der Waals surface area (Å²) < 4.78 is 34.7. The first-order valence-electron chi connectivity index (χ1n) is 7.11. The topological polar surface area (TPSA) is 64.4 Å². The van der Waals surface area contributed by atoms with Gasteiger partial charge >= 0.3 is 0 Å². The molecule has 22 heavy (non-hydrogen) atoms. The Hall–Kier alpha value is -1.22. The average Bonchev–Trinajstić information content (AvgIpc) is 3.06. The summed E-state index contributed by atoms with van der Waals surface area (Å²) in [6.45, 7) is 4.51. The summed E-state index contributed by atoms with van der Waals surface area (Å²) in [7, 11) is -1.85. The number of aromatic nitrogens is 2. The molecule has 0 aliphatic carbocycles. The first-order valence-corrected chi connectivity index (χ1v) is 9.43. The molecule has 0 spiro atoms. The molecule has 2 aromatic heterocycles. The summed E-state index contributed by atoms with van der Waals surface area (Å²) >= 11 is 1.48. The molecule has 120 valence electrons. The third kappa shape index (κ3) is 2.83. The molecule has 0 N–H and O–H groups in total. The van der Waals surface area contributed by atoms with E-state index in [1.807, 2.05) is 31.4 Å². The maximum atomic E-state index is 13.0. The zero-order valence-corrected chi connectivity index (χ0v) is 14.4. The third-order valence-corrected chi connectivity index (χ3v) is 6.26. The minimum absolute atomic E-state index is 0.111. The van der Waals surface area contributed by atoms with E-state index in [9.17, 15) is 8.42 Å². The number of hydrogen-bond acceptors (Lipinski definition) is 5. The lowest BCUT2D eigenvalue weighted by molar-refractivity contribution is -0.0440. The smallest absolute Gasteiger partial charge is 0.247 e. The predicted octanol–water partition coefficient (Wildman–Crippen LogP) is 1.95. The lowest BCUT2D eigenvalue weighted by atomic mass is 10.3. The zero-order valence-electron chi connectivity index (χ0n) is 12.8. The van der Waals surface area contributed by atoms with Crippen LogP contribution in [0.3, 0.4) is 0 Å². The lowest BCUT2D eigenvalue weighted by Crippen LogP contribution is -2.48. The highest BCUT2D eigenvalue weighted by Gasteiger charge is 2.35. The number of sulfonamides is 1. The Kier molecular flexibility index (Phi) is 4.11. The van der Waals surface area contributed by atoms with Gasteiger partial charge in [-0.05, 0) is 25.3 Å². The summed E-state index contributed by atoms with van der Waals surface area (Å²) in [6.07, 6.45) is 1.36. The van der Waals surface area contributed by atoms with Gasteiger partial charge in [-0.3, -0.25) is 4.68 Å². The van der Waals surface area contributed by atoms with Crippen molar-refractivity contribution >= 4 is 21.4 Å². The Morgan fingerprint density at radius 3 is 2.59 bits per heavy atom. The van der Waals surface area contributed by atoms with E-state index in [1.54, 1.807) is 17.9 Å². The molecular weight excluding hydrogens is 322 g/mol. The van der Waals surface area contributed by atoms with Gasteiger partial charge in [0.15, 0.2) is 0 Å². The van der Waals surface area contributed by atoms with Crippen LogP contribution in [0.1, 0.15) is 13.8 Å². The molecule has 6 nitrogen and oxygen atoms in total. The second kappa shape index (κ2) is 5.77. The van der Waals surface area contributed by atoms with E-state index in [0.717, 1.165) is 4.88 Å². The minimum atomic E-state index is -3.59. The van der Waals surface area contributed by atoms with E-state index in [2.05, 4.69) is 5.10 Å². The van der Waals surface area contributed by atoms with Gasteiger partial charge in [-0.1, -0.05) is 6.07 Å². The molecule has 2 aromatic rings. The van der Waals surface area contributed by atoms with Crippen LogP contribution < -0.4 is 0 Å². The Morgan fingerprint density at radius 2 is 2.00 bits per heavy atom. The van der Waals surface area contributed by atoms with Crippen molar-refractivity contribution in [2.24, 2.45) is 7.05 Å². The number of morpholine rings is 1. The maximum Gasteiger partial charge on any atom is 0.247 e. The van der Waals surface area contributed by atoms with Gasteiger partial charge in [-0.25, -0.2) is 8.42 Å².